The van der Waals surface area contributed by atoms with Gasteiger partial charge in [-0.25, -0.2) is 0 Å². The van der Waals surface area contributed by atoms with Gasteiger partial charge in [0.2, 0.25) is 0 Å². The van der Waals surface area contributed by atoms with Crippen LogP contribution in [0.3, 0.4) is 0 Å². The third-order valence-electron chi connectivity index (χ3n) is 1.33. The SMILES string of the molecule is C=C(OC)[C@@H](O)CC(C)C. The van der Waals surface area contributed by atoms with E-state index >= 15 is 0 Å². The van der Waals surface area contributed by atoms with E-state index in [4.69, 9.17) is 4.74 Å². The molecule has 0 amide bonds. The molecule has 0 aliphatic heterocycles. The van der Waals surface area contributed by atoms with Crippen LogP contribution in [0.1, 0.15) is 20.3 Å². The van der Waals surface area contributed by atoms with Crippen LogP contribution in [0.4, 0.5) is 0 Å². The van der Waals surface area contributed by atoms with Crippen molar-refractivity contribution in [3.63, 3.8) is 0 Å². The van der Waals surface area contributed by atoms with Crippen LogP contribution in [-0.2, 0) is 4.74 Å². The zero-order valence-electron chi connectivity index (χ0n) is 6.92. The highest BCUT2D eigenvalue weighted by Crippen LogP contribution is 2.10. The van der Waals surface area contributed by atoms with E-state index in [0.29, 0.717) is 18.1 Å². The molecule has 0 fully saturated rings. The molecule has 0 aromatic rings. The molecular formula is C8H16O2. The van der Waals surface area contributed by atoms with Gasteiger partial charge in [0.15, 0.2) is 0 Å². The third kappa shape index (κ3) is 3.51. The molecule has 0 unspecified atom stereocenters. The molecule has 1 N–H and O–H groups in total. The number of aliphatic hydroxyl groups excluding tert-OH is 1. The van der Waals surface area contributed by atoms with Gasteiger partial charge in [-0.1, -0.05) is 20.4 Å². The second-order valence-corrected chi connectivity index (χ2v) is 2.82. The maximum atomic E-state index is 9.26. The average Bonchev–Trinajstić information content (AvgIpc) is 1.85. The molecule has 0 heterocycles. The Morgan fingerprint density at radius 1 is 1.60 bits per heavy atom. The number of rotatable bonds is 4. The molecule has 2 nitrogen and oxygen atoms in total. The molecule has 0 rings (SSSR count). The van der Waals surface area contributed by atoms with Gasteiger partial charge in [0.05, 0.1) is 7.11 Å². The fourth-order valence-electron chi connectivity index (χ4n) is 0.714. The molecule has 0 aromatic heterocycles. The van der Waals surface area contributed by atoms with Crippen molar-refractivity contribution in [2.75, 3.05) is 7.11 Å². The lowest BCUT2D eigenvalue weighted by molar-refractivity contribution is 0.112. The first kappa shape index (κ1) is 9.50. The van der Waals surface area contributed by atoms with Gasteiger partial charge in [-0.3, -0.25) is 0 Å². The van der Waals surface area contributed by atoms with Gasteiger partial charge in [0, 0.05) is 0 Å². The number of ether oxygens (including phenoxy) is 1. The van der Waals surface area contributed by atoms with E-state index in [1.165, 1.54) is 7.11 Å². The zero-order chi connectivity index (χ0) is 8.15. The minimum Gasteiger partial charge on any atom is -0.499 e. The van der Waals surface area contributed by atoms with Gasteiger partial charge in [-0.2, -0.15) is 0 Å². The fraction of sp³-hybridized carbons (Fsp3) is 0.750. The van der Waals surface area contributed by atoms with E-state index in [9.17, 15) is 5.11 Å². The largest absolute Gasteiger partial charge is 0.499 e. The summed E-state index contributed by atoms with van der Waals surface area (Å²) < 4.78 is 4.77. The van der Waals surface area contributed by atoms with E-state index in [1.54, 1.807) is 0 Å². The lowest BCUT2D eigenvalue weighted by atomic mass is 10.1. The Morgan fingerprint density at radius 2 is 2.10 bits per heavy atom. The van der Waals surface area contributed by atoms with Crippen molar-refractivity contribution in [2.45, 2.75) is 26.4 Å². The van der Waals surface area contributed by atoms with Crippen molar-refractivity contribution in [1.29, 1.82) is 0 Å². The van der Waals surface area contributed by atoms with Crippen LogP contribution < -0.4 is 0 Å². The first-order chi connectivity index (χ1) is 4.57. The van der Waals surface area contributed by atoms with E-state index in [2.05, 4.69) is 6.58 Å². The second-order valence-electron chi connectivity index (χ2n) is 2.82. The molecule has 0 aliphatic rings. The highest BCUT2D eigenvalue weighted by molar-refractivity contribution is 4.91. The topological polar surface area (TPSA) is 29.5 Å². The monoisotopic (exact) mass is 144 g/mol. The standard InChI is InChI=1S/C8H16O2/c1-6(2)5-8(9)7(3)10-4/h6,8-9H,3,5H2,1-2,4H3/t8-/m0/s1. The average molecular weight is 144 g/mol. The molecule has 0 aromatic carbocycles. The summed E-state index contributed by atoms with van der Waals surface area (Å²) in [6.45, 7) is 7.65. The summed E-state index contributed by atoms with van der Waals surface area (Å²) in [6, 6.07) is 0. The highest BCUT2D eigenvalue weighted by atomic mass is 16.5. The molecule has 0 bridgehead atoms. The number of aliphatic hydroxyl groups is 1. The molecule has 60 valence electrons. The Balaban J connectivity index is 3.61. The van der Waals surface area contributed by atoms with Crippen LogP contribution in [0.5, 0.6) is 0 Å². The van der Waals surface area contributed by atoms with Gasteiger partial charge >= 0.3 is 0 Å². The summed E-state index contributed by atoms with van der Waals surface area (Å²) in [7, 11) is 1.52. The lowest BCUT2D eigenvalue weighted by Gasteiger charge is -2.13. The number of methoxy groups -OCH3 is 1. The Morgan fingerprint density at radius 3 is 2.40 bits per heavy atom. The summed E-state index contributed by atoms with van der Waals surface area (Å²) in [5.41, 5.74) is 0. The fourth-order valence-corrected chi connectivity index (χ4v) is 0.714. The van der Waals surface area contributed by atoms with E-state index in [1.807, 2.05) is 13.8 Å². The van der Waals surface area contributed by atoms with Gasteiger partial charge in [0.1, 0.15) is 11.9 Å². The van der Waals surface area contributed by atoms with E-state index in [0.717, 1.165) is 0 Å². The third-order valence-corrected chi connectivity index (χ3v) is 1.33. The number of hydrogen-bond donors (Lipinski definition) is 1. The van der Waals surface area contributed by atoms with Gasteiger partial charge < -0.3 is 9.84 Å². The van der Waals surface area contributed by atoms with Crippen molar-refractivity contribution >= 4 is 0 Å². The molecule has 0 radical (unpaired) electrons. The maximum absolute atomic E-state index is 9.26. The zero-order valence-corrected chi connectivity index (χ0v) is 6.92. The minimum atomic E-state index is -0.509. The molecule has 0 aliphatic carbocycles. The quantitative estimate of drug-likeness (QED) is 0.607. The first-order valence-corrected chi connectivity index (χ1v) is 3.48. The van der Waals surface area contributed by atoms with Crippen LogP contribution >= 0.6 is 0 Å². The van der Waals surface area contributed by atoms with Crippen molar-refractivity contribution in [3.8, 4) is 0 Å². The summed E-state index contributed by atoms with van der Waals surface area (Å²) in [4.78, 5) is 0. The summed E-state index contributed by atoms with van der Waals surface area (Å²) in [5, 5.41) is 9.26. The molecule has 10 heavy (non-hydrogen) atoms. The number of hydrogen-bond acceptors (Lipinski definition) is 2. The van der Waals surface area contributed by atoms with Crippen molar-refractivity contribution in [1.82, 2.24) is 0 Å². The van der Waals surface area contributed by atoms with Crippen LogP contribution in [0.25, 0.3) is 0 Å². The molecule has 0 spiro atoms. The van der Waals surface area contributed by atoms with Crippen LogP contribution in [0.15, 0.2) is 12.3 Å². The van der Waals surface area contributed by atoms with Crippen molar-refractivity contribution in [3.05, 3.63) is 12.3 Å². The van der Waals surface area contributed by atoms with E-state index < -0.39 is 6.10 Å². The predicted octanol–water partition coefficient (Wildman–Crippen LogP) is 1.55. The van der Waals surface area contributed by atoms with Crippen LogP contribution in [-0.4, -0.2) is 18.3 Å². The van der Waals surface area contributed by atoms with Gasteiger partial charge in [-0.15, -0.1) is 0 Å². The Bertz CT molecular complexity index is 108. The lowest BCUT2D eigenvalue weighted by Crippen LogP contribution is -2.13. The van der Waals surface area contributed by atoms with Gasteiger partial charge in [-0.05, 0) is 12.3 Å². The normalized spacial score (nSPS) is 13.3. The first-order valence-electron chi connectivity index (χ1n) is 3.48. The van der Waals surface area contributed by atoms with E-state index in [-0.39, 0.29) is 0 Å². The molecule has 0 saturated carbocycles. The Labute approximate surface area is 62.5 Å². The molecular weight excluding hydrogens is 128 g/mol. The molecule has 0 saturated heterocycles. The second kappa shape index (κ2) is 4.34. The predicted molar refractivity (Wildman–Crippen MR) is 41.6 cm³/mol. The molecule has 1 atom stereocenters. The highest BCUT2D eigenvalue weighted by Gasteiger charge is 2.09. The maximum Gasteiger partial charge on any atom is 0.117 e. The summed E-state index contributed by atoms with van der Waals surface area (Å²) in [5.74, 6) is 0.926. The smallest absolute Gasteiger partial charge is 0.117 e. The minimum absolute atomic E-state index is 0.453. The van der Waals surface area contributed by atoms with Crippen molar-refractivity contribution < 1.29 is 9.84 Å². The Hall–Kier alpha value is -0.500. The van der Waals surface area contributed by atoms with Crippen LogP contribution in [0, 0.1) is 5.92 Å². The van der Waals surface area contributed by atoms with Gasteiger partial charge in [0.25, 0.3) is 0 Å². The summed E-state index contributed by atoms with van der Waals surface area (Å²) >= 11 is 0. The Kier molecular flexibility index (Phi) is 4.12. The van der Waals surface area contributed by atoms with Crippen LogP contribution in [0.2, 0.25) is 0 Å². The summed E-state index contributed by atoms with van der Waals surface area (Å²) in [6.07, 6.45) is 0.206. The van der Waals surface area contributed by atoms with Crippen molar-refractivity contribution in [2.24, 2.45) is 5.92 Å². The molecule has 2 heteroatoms.